The quantitative estimate of drug-likeness (QED) is 0.614. The van der Waals surface area contributed by atoms with E-state index in [4.69, 9.17) is 35.0 Å². The van der Waals surface area contributed by atoms with Crippen molar-refractivity contribution in [3.8, 4) is 0 Å². The molecule has 0 aliphatic carbocycles. The molecule has 1 aromatic carbocycles. The fourth-order valence-electron chi connectivity index (χ4n) is 0.784. The number of carbonyl (C=O) groups excluding carboxylic acids is 1. The molecule has 0 aliphatic rings. The molecular weight excluding hydrogens is 234 g/mol. The van der Waals surface area contributed by atoms with E-state index in [2.05, 4.69) is 5.43 Å². The topological polar surface area (TPSA) is 41.1 Å². The van der Waals surface area contributed by atoms with E-state index in [1.54, 1.807) is 6.07 Å². The number of hydrazine groups is 1. The van der Waals surface area contributed by atoms with Crippen LogP contribution in [0.3, 0.4) is 0 Å². The molecule has 70 valence electrons. The normalized spacial score (nSPS) is 9.77. The van der Waals surface area contributed by atoms with Crippen molar-refractivity contribution in [3.05, 3.63) is 33.8 Å². The summed E-state index contributed by atoms with van der Waals surface area (Å²) in [6.45, 7) is 0. The van der Waals surface area contributed by atoms with E-state index in [-0.39, 0.29) is 5.02 Å². The van der Waals surface area contributed by atoms with Gasteiger partial charge >= 0.3 is 0 Å². The van der Waals surface area contributed by atoms with Crippen molar-refractivity contribution < 1.29 is 4.79 Å². The number of hydrogen-bond donors (Lipinski definition) is 2. The van der Waals surface area contributed by atoms with E-state index in [1.165, 1.54) is 12.1 Å². The van der Waals surface area contributed by atoms with Gasteiger partial charge in [-0.15, -0.1) is 4.94 Å². The zero-order valence-corrected chi connectivity index (χ0v) is 8.54. The maximum atomic E-state index is 11.2. The van der Waals surface area contributed by atoms with Crippen LogP contribution < -0.4 is 10.4 Å². The summed E-state index contributed by atoms with van der Waals surface area (Å²) in [7, 11) is 0. The van der Waals surface area contributed by atoms with Crippen molar-refractivity contribution in [3.63, 3.8) is 0 Å². The van der Waals surface area contributed by atoms with Crippen LogP contribution in [0.5, 0.6) is 0 Å². The van der Waals surface area contributed by atoms with Crippen molar-refractivity contribution in [1.29, 1.82) is 0 Å². The van der Waals surface area contributed by atoms with E-state index >= 15 is 0 Å². The molecular formula is C7H5Cl3N2O. The van der Waals surface area contributed by atoms with E-state index in [0.29, 0.717) is 10.6 Å². The highest BCUT2D eigenvalue weighted by Gasteiger charge is 2.09. The lowest BCUT2D eigenvalue weighted by molar-refractivity contribution is 0.0946. The van der Waals surface area contributed by atoms with Crippen LogP contribution in [-0.4, -0.2) is 5.91 Å². The maximum absolute atomic E-state index is 11.2. The standard InChI is InChI=1S/C7H5Cl3N2O/c8-4-1-2-5(6(9)3-4)7(13)11-12-10/h1-3,12H,(H,11,13). The Labute approximate surface area is 90.0 Å². The molecule has 3 nitrogen and oxygen atoms in total. The minimum Gasteiger partial charge on any atom is -0.273 e. The van der Waals surface area contributed by atoms with E-state index in [1.807, 2.05) is 4.94 Å². The fourth-order valence-corrected chi connectivity index (χ4v) is 1.36. The van der Waals surface area contributed by atoms with Crippen LogP contribution in [0.25, 0.3) is 0 Å². The van der Waals surface area contributed by atoms with E-state index in [0.717, 1.165) is 0 Å². The minimum absolute atomic E-state index is 0.275. The molecule has 0 unspecified atom stereocenters. The smallest absolute Gasteiger partial charge is 0.267 e. The van der Waals surface area contributed by atoms with Gasteiger partial charge in [-0.25, -0.2) is 0 Å². The Bertz CT molecular complexity index is 330. The average molecular weight is 239 g/mol. The van der Waals surface area contributed by atoms with Crippen molar-refractivity contribution in [2.45, 2.75) is 0 Å². The summed E-state index contributed by atoms with van der Waals surface area (Å²) in [5, 5.41) is 0.747. The number of halogens is 3. The summed E-state index contributed by atoms with van der Waals surface area (Å²) in [6.07, 6.45) is 0. The van der Waals surface area contributed by atoms with Gasteiger partial charge in [0.25, 0.3) is 5.91 Å². The second-order valence-electron chi connectivity index (χ2n) is 2.17. The number of benzene rings is 1. The van der Waals surface area contributed by atoms with Gasteiger partial charge in [-0.05, 0) is 30.0 Å². The van der Waals surface area contributed by atoms with Gasteiger partial charge in [-0.3, -0.25) is 10.2 Å². The highest BCUT2D eigenvalue weighted by atomic mass is 35.5. The summed E-state index contributed by atoms with van der Waals surface area (Å²) in [5.74, 6) is -0.420. The predicted molar refractivity (Wildman–Crippen MR) is 52.9 cm³/mol. The summed E-state index contributed by atoms with van der Waals surface area (Å²) < 4.78 is 0. The van der Waals surface area contributed by atoms with Gasteiger partial charge < -0.3 is 0 Å². The average Bonchev–Trinajstić information content (AvgIpc) is 2.04. The third-order valence-corrected chi connectivity index (χ3v) is 1.98. The van der Waals surface area contributed by atoms with Gasteiger partial charge in [-0.2, -0.15) is 0 Å². The molecule has 0 saturated heterocycles. The predicted octanol–water partition coefficient (Wildman–Crippen LogP) is 2.38. The van der Waals surface area contributed by atoms with Gasteiger partial charge in [0.1, 0.15) is 0 Å². The first-order chi connectivity index (χ1) is 6.15. The highest BCUT2D eigenvalue weighted by molar-refractivity contribution is 6.36. The van der Waals surface area contributed by atoms with Gasteiger partial charge in [-0.1, -0.05) is 23.2 Å². The second kappa shape index (κ2) is 4.67. The number of nitrogens with one attached hydrogen (secondary N) is 2. The first kappa shape index (κ1) is 10.6. The first-order valence-corrected chi connectivity index (χ1v) is 4.39. The largest absolute Gasteiger partial charge is 0.273 e. The number of carbonyl (C=O) groups is 1. The van der Waals surface area contributed by atoms with Crippen LogP contribution in [0.2, 0.25) is 10.0 Å². The lowest BCUT2D eigenvalue weighted by Crippen LogP contribution is -2.30. The number of amides is 1. The Balaban J connectivity index is 2.95. The molecule has 0 saturated carbocycles. The molecule has 2 N–H and O–H groups in total. The molecule has 1 rings (SSSR count). The Morgan fingerprint density at radius 2 is 2.00 bits per heavy atom. The molecule has 1 aromatic rings. The Morgan fingerprint density at radius 1 is 1.31 bits per heavy atom. The SMILES string of the molecule is O=C(NNCl)c1ccc(Cl)cc1Cl. The molecule has 0 bridgehead atoms. The van der Waals surface area contributed by atoms with Crippen LogP contribution in [0.1, 0.15) is 10.4 Å². The number of rotatable bonds is 2. The fraction of sp³-hybridized carbons (Fsp3) is 0. The molecule has 0 atom stereocenters. The van der Waals surface area contributed by atoms with Gasteiger partial charge in [0, 0.05) is 5.02 Å². The number of hydrogen-bond acceptors (Lipinski definition) is 2. The van der Waals surface area contributed by atoms with Crippen LogP contribution in [0, 0.1) is 0 Å². The van der Waals surface area contributed by atoms with Crippen molar-refractivity contribution in [1.82, 2.24) is 10.4 Å². The monoisotopic (exact) mass is 238 g/mol. The zero-order chi connectivity index (χ0) is 9.84. The van der Waals surface area contributed by atoms with Gasteiger partial charge in [0.2, 0.25) is 0 Å². The third kappa shape index (κ3) is 2.74. The van der Waals surface area contributed by atoms with Crippen molar-refractivity contribution >= 4 is 40.9 Å². The first-order valence-electron chi connectivity index (χ1n) is 3.26. The molecule has 0 spiro atoms. The molecule has 6 heteroatoms. The second-order valence-corrected chi connectivity index (χ2v) is 3.21. The molecule has 0 fully saturated rings. The van der Waals surface area contributed by atoms with Crippen molar-refractivity contribution in [2.24, 2.45) is 0 Å². The molecule has 0 aromatic heterocycles. The molecule has 1 amide bonds. The summed E-state index contributed by atoms with van der Waals surface area (Å²) in [6, 6.07) is 4.55. The van der Waals surface area contributed by atoms with Gasteiger partial charge in [0.05, 0.1) is 10.6 Å². The van der Waals surface area contributed by atoms with Crippen LogP contribution in [0.15, 0.2) is 18.2 Å². The van der Waals surface area contributed by atoms with Crippen LogP contribution >= 0.6 is 35.0 Å². The lowest BCUT2D eigenvalue weighted by atomic mass is 10.2. The van der Waals surface area contributed by atoms with Crippen molar-refractivity contribution in [2.75, 3.05) is 0 Å². The van der Waals surface area contributed by atoms with Gasteiger partial charge in [0.15, 0.2) is 0 Å². The third-order valence-electron chi connectivity index (χ3n) is 1.34. The van der Waals surface area contributed by atoms with E-state index < -0.39 is 5.91 Å². The van der Waals surface area contributed by atoms with Crippen LogP contribution in [-0.2, 0) is 0 Å². The van der Waals surface area contributed by atoms with Crippen LogP contribution in [0.4, 0.5) is 0 Å². The Morgan fingerprint density at radius 3 is 2.54 bits per heavy atom. The molecule has 0 radical (unpaired) electrons. The Kier molecular flexibility index (Phi) is 3.81. The molecule has 0 aliphatic heterocycles. The minimum atomic E-state index is -0.420. The van der Waals surface area contributed by atoms with E-state index in [9.17, 15) is 4.79 Å². The summed E-state index contributed by atoms with van der Waals surface area (Å²) >= 11 is 16.5. The summed E-state index contributed by atoms with van der Waals surface area (Å²) in [5.41, 5.74) is 2.48. The zero-order valence-electron chi connectivity index (χ0n) is 6.27. The maximum Gasteiger partial charge on any atom is 0.267 e. The molecule has 0 heterocycles. The lowest BCUT2D eigenvalue weighted by Gasteiger charge is -2.03. The molecule has 13 heavy (non-hydrogen) atoms. The summed E-state index contributed by atoms with van der Waals surface area (Å²) in [4.78, 5) is 13.2. The highest BCUT2D eigenvalue weighted by Crippen LogP contribution is 2.20. The Hall–Kier alpha value is -0.480.